The van der Waals surface area contributed by atoms with E-state index in [1.54, 1.807) is 0 Å². The van der Waals surface area contributed by atoms with Crippen molar-refractivity contribution in [2.24, 2.45) is 5.92 Å². The van der Waals surface area contributed by atoms with Gasteiger partial charge in [-0.15, -0.1) is 0 Å². The van der Waals surface area contributed by atoms with E-state index in [4.69, 9.17) is 16.3 Å². The summed E-state index contributed by atoms with van der Waals surface area (Å²) < 4.78 is 5.83. The molecule has 20 heavy (non-hydrogen) atoms. The van der Waals surface area contributed by atoms with Crippen molar-refractivity contribution < 1.29 is 4.74 Å². The summed E-state index contributed by atoms with van der Waals surface area (Å²) in [5, 5.41) is 4.47. The van der Waals surface area contributed by atoms with Crippen LogP contribution in [0.25, 0.3) is 0 Å². The highest BCUT2D eigenvalue weighted by Gasteiger charge is 2.20. The third kappa shape index (κ3) is 4.13. The first kappa shape index (κ1) is 15.7. The Bertz CT molecular complexity index is 424. The van der Waals surface area contributed by atoms with Crippen LogP contribution in [0.5, 0.6) is 5.75 Å². The smallest absolute Gasteiger partial charge is 0.119 e. The minimum absolute atomic E-state index is 0.668. The molecule has 0 bridgehead atoms. The molecular weight excluding hydrogens is 270 g/mol. The van der Waals surface area contributed by atoms with Crippen LogP contribution in [0, 0.1) is 19.8 Å². The summed E-state index contributed by atoms with van der Waals surface area (Å²) >= 11 is 6.16. The number of benzene rings is 1. The summed E-state index contributed by atoms with van der Waals surface area (Å²) in [6.45, 7) is 8.01. The van der Waals surface area contributed by atoms with Crippen molar-refractivity contribution in [2.45, 2.75) is 52.5 Å². The van der Waals surface area contributed by atoms with Gasteiger partial charge in [-0.2, -0.15) is 0 Å². The van der Waals surface area contributed by atoms with Gasteiger partial charge in [0.05, 0.1) is 0 Å². The second-order valence-corrected chi connectivity index (χ2v) is 6.42. The second kappa shape index (κ2) is 7.33. The zero-order chi connectivity index (χ0) is 14.5. The summed E-state index contributed by atoms with van der Waals surface area (Å²) in [6.07, 6.45) is 5.41. The van der Waals surface area contributed by atoms with Gasteiger partial charge in [-0.25, -0.2) is 0 Å². The van der Waals surface area contributed by atoms with Crippen molar-refractivity contribution in [1.82, 2.24) is 5.32 Å². The molecule has 0 radical (unpaired) electrons. The number of rotatable bonds is 5. The number of aryl methyl sites for hydroxylation is 2. The molecule has 1 aliphatic rings. The van der Waals surface area contributed by atoms with Crippen molar-refractivity contribution in [3.8, 4) is 5.75 Å². The van der Waals surface area contributed by atoms with Crippen LogP contribution < -0.4 is 10.1 Å². The average molecular weight is 296 g/mol. The molecule has 0 saturated heterocycles. The molecule has 1 saturated carbocycles. The lowest BCUT2D eigenvalue weighted by Gasteiger charge is -2.29. The number of nitrogens with one attached hydrogen (secondary N) is 1. The average Bonchev–Trinajstić information content (AvgIpc) is 2.42. The first-order chi connectivity index (χ1) is 9.58. The van der Waals surface area contributed by atoms with Gasteiger partial charge in [0.15, 0.2) is 0 Å². The summed E-state index contributed by atoms with van der Waals surface area (Å²) in [5.41, 5.74) is 2.16. The summed E-state index contributed by atoms with van der Waals surface area (Å²) in [7, 11) is 0. The SMILES string of the molecule is Cc1cc(OCCNC2CCCCC2C)cc(C)c1Cl. The van der Waals surface area contributed by atoms with E-state index in [9.17, 15) is 0 Å². The molecular formula is C17H26ClNO. The fraction of sp³-hybridized carbons (Fsp3) is 0.647. The van der Waals surface area contributed by atoms with Gasteiger partial charge in [-0.05, 0) is 55.9 Å². The second-order valence-electron chi connectivity index (χ2n) is 6.04. The van der Waals surface area contributed by atoms with E-state index >= 15 is 0 Å². The van der Waals surface area contributed by atoms with E-state index < -0.39 is 0 Å². The zero-order valence-corrected chi connectivity index (χ0v) is 13.6. The molecule has 2 unspecified atom stereocenters. The van der Waals surface area contributed by atoms with Crippen molar-refractivity contribution in [3.63, 3.8) is 0 Å². The van der Waals surface area contributed by atoms with E-state index in [1.807, 2.05) is 26.0 Å². The van der Waals surface area contributed by atoms with Crippen LogP contribution >= 0.6 is 11.6 Å². The number of halogens is 1. The van der Waals surface area contributed by atoms with E-state index in [2.05, 4.69) is 12.2 Å². The lowest BCUT2D eigenvalue weighted by molar-refractivity contribution is 0.251. The molecule has 0 spiro atoms. The molecule has 2 nitrogen and oxygen atoms in total. The molecule has 1 fully saturated rings. The van der Waals surface area contributed by atoms with Crippen LogP contribution in [0.1, 0.15) is 43.7 Å². The summed E-state index contributed by atoms with van der Waals surface area (Å²) in [4.78, 5) is 0. The lowest BCUT2D eigenvalue weighted by Crippen LogP contribution is -2.39. The van der Waals surface area contributed by atoms with Crippen molar-refractivity contribution >= 4 is 11.6 Å². The normalized spacial score (nSPS) is 22.8. The maximum Gasteiger partial charge on any atom is 0.119 e. The summed E-state index contributed by atoms with van der Waals surface area (Å²) in [5.74, 6) is 1.71. The Morgan fingerprint density at radius 1 is 1.20 bits per heavy atom. The van der Waals surface area contributed by atoms with Crippen LogP contribution in [0.4, 0.5) is 0 Å². The monoisotopic (exact) mass is 295 g/mol. The minimum Gasteiger partial charge on any atom is -0.492 e. The van der Waals surface area contributed by atoms with Crippen LogP contribution in [-0.2, 0) is 0 Å². The molecule has 0 aliphatic heterocycles. The van der Waals surface area contributed by atoms with Gasteiger partial charge in [0.1, 0.15) is 12.4 Å². The van der Waals surface area contributed by atoms with Gasteiger partial charge in [0.25, 0.3) is 0 Å². The molecule has 0 heterocycles. The molecule has 1 aromatic rings. The van der Waals surface area contributed by atoms with Gasteiger partial charge in [0.2, 0.25) is 0 Å². The van der Waals surface area contributed by atoms with E-state index in [-0.39, 0.29) is 0 Å². The van der Waals surface area contributed by atoms with Crippen molar-refractivity contribution in [2.75, 3.05) is 13.2 Å². The maximum atomic E-state index is 6.16. The fourth-order valence-electron chi connectivity index (χ4n) is 3.02. The maximum absolute atomic E-state index is 6.16. The topological polar surface area (TPSA) is 21.3 Å². The Morgan fingerprint density at radius 3 is 2.50 bits per heavy atom. The van der Waals surface area contributed by atoms with Crippen LogP contribution in [0.15, 0.2) is 12.1 Å². The number of hydrogen-bond acceptors (Lipinski definition) is 2. The first-order valence-corrected chi connectivity index (χ1v) is 8.08. The fourth-order valence-corrected chi connectivity index (χ4v) is 3.13. The minimum atomic E-state index is 0.668. The Labute approximate surface area is 127 Å². The standard InChI is InChI=1S/C17H26ClNO/c1-12-6-4-5-7-16(12)19-8-9-20-15-10-13(2)17(18)14(3)11-15/h10-12,16,19H,4-9H2,1-3H3. The molecule has 0 amide bonds. The Hall–Kier alpha value is -0.730. The van der Waals surface area contributed by atoms with Gasteiger partial charge < -0.3 is 10.1 Å². The largest absolute Gasteiger partial charge is 0.492 e. The molecule has 0 aromatic heterocycles. The first-order valence-electron chi connectivity index (χ1n) is 7.71. The lowest BCUT2D eigenvalue weighted by atomic mass is 9.86. The van der Waals surface area contributed by atoms with E-state index in [1.165, 1.54) is 25.7 Å². The Morgan fingerprint density at radius 2 is 1.85 bits per heavy atom. The molecule has 1 N–H and O–H groups in total. The van der Waals surface area contributed by atoms with Gasteiger partial charge in [-0.1, -0.05) is 31.4 Å². The molecule has 3 heteroatoms. The Kier molecular flexibility index (Phi) is 5.74. The predicted octanol–water partition coefficient (Wildman–Crippen LogP) is 4.50. The Balaban J connectivity index is 1.76. The molecule has 1 aromatic carbocycles. The quantitative estimate of drug-likeness (QED) is 0.807. The number of hydrogen-bond donors (Lipinski definition) is 1. The molecule has 1 aliphatic carbocycles. The highest BCUT2D eigenvalue weighted by molar-refractivity contribution is 6.32. The van der Waals surface area contributed by atoms with Crippen molar-refractivity contribution in [3.05, 3.63) is 28.3 Å². The van der Waals surface area contributed by atoms with E-state index in [0.717, 1.165) is 34.4 Å². The van der Waals surface area contributed by atoms with Gasteiger partial charge in [-0.3, -0.25) is 0 Å². The van der Waals surface area contributed by atoms with Gasteiger partial charge in [0, 0.05) is 17.6 Å². The van der Waals surface area contributed by atoms with Crippen LogP contribution in [0.3, 0.4) is 0 Å². The highest BCUT2D eigenvalue weighted by atomic mass is 35.5. The molecule has 2 atom stereocenters. The molecule has 2 rings (SSSR count). The third-order valence-electron chi connectivity index (χ3n) is 4.30. The highest BCUT2D eigenvalue weighted by Crippen LogP contribution is 2.26. The van der Waals surface area contributed by atoms with Gasteiger partial charge >= 0.3 is 0 Å². The predicted molar refractivity (Wildman–Crippen MR) is 85.8 cm³/mol. The molecule has 112 valence electrons. The van der Waals surface area contributed by atoms with Crippen LogP contribution in [0.2, 0.25) is 5.02 Å². The number of ether oxygens (including phenoxy) is 1. The van der Waals surface area contributed by atoms with Crippen LogP contribution in [-0.4, -0.2) is 19.2 Å². The zero-order valence-electron chi connectivity index (χ0n) is 12.8. The van der Waals surface area contributed by atoms with E-state index in [0.29, 0.717) is 12.6 Å². The third-order valence-corrected chi connectivity index (χ3v) is 4.89. The summed E-state index contributed by atoms with van der Waals surface area (Å²) in [6, 6.07) is 4.69. The van der Waals surface area contributed by atoms with Crippen molar-refractivity contribution in [1.29, 1.82) is 0 Å².